The second kappa shape index (κ2) is 7.34. The zero-order valence-corrected chi connectivity index (χ0v) is 15.3. The van der Waals surface area contributed by atoms with Crippen LogP contribution in [0.25, 0.3) is 0 Å². The number of hydrogen-bond acceptors (Lipinski definition) is 5. The van der Waals surface area contributed by atoms with Gasteiger partial charge in [-0.2, -0.15) is 0 Å². The van der Waals surface area contributed by atoms with Crippen LogP contribution in [0.1, 0.15) is 23.7 Å². The van der Waals surface area contributed by atoms with Crippen molar-refractivity contribution in [2.75, 3.05) is 36.4 Å². The van der Waals surface area contributed by atoms with Crippen LogP contribution in [0.2, 0.25) is 0 Å². The number of carbonyl (C=O) groups excluding carboxylic acids is 2. The number of nitrogens with one attached hydrogen (secondary N) is 1. The average Bonchev–Trinajstić information content (AvgIpc) is 3.45. The van der Waals surface area contributed by atoms with Crippen LogP contribution in [0.15, 0.2) is 42.7 Å². The summed E-state index contributed by atoms with van der Waals surface area (Å²) in [6.45, 7) is 4.71. The Morgan fingerprint density at radius 3 is 2.44 bits per heavy atom. The predicted molar refractivity (Wildman–Crippen MR) is 102 cm³/mol. The van der Waals surface area contributed by atoms with Crippen LogP contribution >= 0.6 is 0 Å². The SMILES string of the molecule is C[C@@H]1C[C@@H]1C(=O)Nc1cccc(C(=O)N2CCN(c3ncccn3)CC2)c1. The standard InChI is InChI=1S/C20H23N5O2/c1-14-12-17(14)18(26)23-16-5-2-4-15(13-16)19(27)24-8-10-25(11-9-24)20-21-6-3-7-22-20/h2-7,13-14,17H,8-12H2,1H3,(H,23,26)/t14-,17+/m1/s1. The second-order valence-electron chi connectivity index (χ2n) is 7.22. The topological polar surface area (TPSA) is 78.4 Å². The Morgan fingerprint density at radius 2 is 1.78 bits per heavy atom. The molecule has 27 heavy (non-hydrogen) atoms. The minimum Gasteiger partial charge on any atom is -0.337 e. The third-order valence-corrected chi connectivity index (χ3v) is 5.23. The Balaban J connectivity index is 1.37. The Morgan fingerprint density at radius 1 is 1.07 bits per heavy atom. The van der Waals surface area contributed by atoms with Crippen LogP contribution in [-0.4, -0.2) is 52.9 Å². The highest BCUT2D eigenvalue weighted by molar-refractivity contribution is 5.98. The number of rotatable bonds is 4. The van der Waals surface area contributed by atoms with Gasteiger partial charge in [0.15, 0.2) is 0 Å². The third-order valence-electron chi connectivity index (χ3n) is 5.23. The van der Waals surface area contributed by atoms with E-state index in [0.717, 1.165) is 6.42 Å². The van der Waals surface area contributed by atoms with Crippen molar-refractivity contribution in [1.29, 1.82) is 0 Å². The highest BCUT2D eigenvalue weighted by Gasteiger charge is 2.39. The van der Waals surface area contributed by atoms with Gasteiger partial charge in [-0.05, 0) is 36.6 Å². The fourth-order valence-electron chi connectivity index (χ4n) is 3.40. The molecule has 1 saturated carbocycles. The maximum atomic E-state index is 12.8. The molecule has 0 unspecified atom stereocenters. The Bertz CT molecular complexity index is 833. The summed E-state index contributed by atoms with van der Waals surface area (Å²) >= 11 is 0. The molecule has 7 nitrogen and oxygen atoms in total. The van der Waals surface area contributed by atoms with Gasteiger partial charge < -0.3 is 15.1 Å². The van der Waals surface area contributed by atoms with Gasteiger partial charge in [-0.1, -0.05) is 13.0 Å². The predicted octanol–water partition coefficient (Wildman–Crippen LogP) is 2.03. The van der Waals surface area contributed by atoms with Gasteiger partial charge in [-0.15, -0.1) is 0 Å². The zero-order valence-electron chi connectivity index (χ0n) is 15.3. The first-order valence-electron chi connectivity index (χ1n) is 9.34. The monoisotopic (exact) mass is 365 g/mol. The van der Waals surface area contributed by atoms with Gasteiger partial charge >= 0.3 is 0 Å². The largest absolute Gasteiger partial charge is 0.337 e. The first kappa shape index (κ1) is 17.5. The van der Waals surface area contributed by atoms with Crippen molar-refractivity contribution in [3.63, 3.8) is 0 Å². The molecule has 7 heteroatoms. The summed E-state index contributed by atoms with van der Waals surface area (Å²) in [6, 6.07) is 8.99. The number of nitrogens with zero attached hydrogens (tertiary/aromatic N) is 4. The first-order valence-corrected chi connectivity index (χ1v) is 9.34. The van der Waals surface area contributed by atoms with E-state index in [1.165, 1.54) is 0 Å². The minimum absolute atomic E-state index is 0.0143. The smallest absolute Gasteiger partial charge is 0.254 e. The van der Waals surface area contributed by atoms with Gasteiger partial charge in [0.05, 0.1) is 0 Å². The number of amides is 2. The summed E-state index contributed by atoms with van der Waals surface area (Å²) < 4.78 is 0. The molecule has 1 aromatic heterocycles. The van der Waals surface area contributed by atoms with Gasteiger partial charge in [0.2, 0.25) is 11.9 Å². The van der Waals surface area contributed by atoms with E-state index in [2.05, 4.69) is 27.1 Å². The molecule has 2 fully saturated rings. The second-order valence-corrected chi connectivity index (χ2v) is 7.22. The number of benzene rings is 1. The molecule has 2 aromatic rings. The molecule has 0 spiro atoms. The number of piperazine rings is 1. The fraction of sp³-hybridized carbons (Fsp3) is 0.400. The van der Waals surface area contributed by atoms with E-state index in [-0.39, 0.29) is 17.7 Å². The Labute approximate surface area is 158 Å². The molecule has 2 atom stereocenters. The van der Waals surface area contributed by atoms with Crippen LogP contribution in [0, 0.1) is 11.8 Å². The van der Waals surface area contributed by atoms with E-state index in [0.29, 0.717) is 49.3 Å². The molecule has 1 aromatic carbocycles. The summed E-state index contributed by atoms with van der Waals surface area (Å²) in [5.74, 6) is 1.30. The molecule has 1 aliphatic heterocycles. The molecule has 1 aliphatic carbocycles. The van der Waals surface area contributed by atoms with E-state index in [4.69, 9.17) is 0 Å². The molecule has 140 valence electrons. The van der Waals surface area contributed by atoms with Crippen LogP contribution in [0.3, 0.4) is 0 Å². The molecule has 2 amide bonds. The van der Waals surface area contributed by atoms with Gasteiger partial charge in [-0.25, -0.2) is 9.97 Å². The summed E-state index contributed by atoms with van der Waals surface area (Å²) in [5.41, 5.74) is 1.28. The number of hydrogen-bond donors (Lipinski definition) is 1. The van der Waals surface area contributed by atoms with Crippen LogP contribution < -0.4 is 10.2 Å². The summed E-state index contributed by atoms with van der Waals surface area (Å²) in [5, 5.41) is 2.93. The average molecular weight is 365 g/mol. The molecular weight excluding hydrogens is 342 g/mol. The maximum Gasteiger partial charge on any atom is 0.254 e. The summed E-state index contributed by atoms with van der Waals surface area (Å²) in [7, 11) is 0. The number of anilines is 2. The first-order chi connectivity index (χ1) is 13.1. The van der Waals surface area contributed by atoms with E-state index >= 15 is 0 Å². The van der Waals surface area contributed by atoms with Gasteiger partial charge in [-0.3, -0.25) is 9.59 Å². The van der Waals surface area contributed by atoms with Crippen molar-refractivity contribution >= 4 is 23.5 Å². The van der Waals surface area contributed by atoms with Crippen molar-refractivity contribution in [2.45, 2.75) is 13.3 Å². The molecule has 1 saturated heterocycles. The van der Waals surface area contributed by atoms with E-state index < -0.39 is 0 Å². The van der Waals surface area contributed by atoms with Crippen molar-refractivity contribution in [2.24, 2.45) is 11.8 Å². The minimum atomic E-state index is -0.0143. The van der Waals surface area contributed by atoms with Crippen LogP contribution in [-0.2, 0) is 4.79 Å². The molecular formula is C20H23N5O2. The normalized spacial score (nSPS) is 21.7. The van der Waals surface area contributed by atoms with E-state index in [1.54, 1.807) is 30.6 Å². The van der Waals surface area contributed by atoms with Crippen LogP contribution in [0.5, 0.6) is 0 Å². The quantitative estimate of drug-likeness (QED) is 0.897. The summed E-state index contributed by atoms with van der Waals surface area (Å²) in [4.78, 5) is 37.4. The van der Waals surface area contributed by atoms with Gasteiger partial charge in [0.1, 0.15) is 0 Å². The summed E-state index contributed by atoms with van der Waals surface area (Å²) in [6.07, 6.45) is 4.39. The lowest BCUT2D eigenvalue weighted by Gasteiger charge is -2.34. The molecule has 1 N–H and O–H groups in total. The van der Waals surface area contributed by atoms with Crippen molar-refractivity contribution in [1.82, 2.24) is 14.9 Å². The van der Waals surface area contributed by atoms with Crippen molar-refractivity contribution in [3.8, 4) is 0 Å². The lowest BCUT2D eigenvalue weighted by atomic mass is 10.1. The molecule has 4 rings (SSSR count). The van der Waals surface area contributed by atoms with Crippen molar-refractivity contribution in [3.05, 3.63) is 48.3 Å². The third kappa shape index (κ3) is 3.92. The number of aromatic nitrogens is 2. The highest BCUT2D eigenvalue weighted by atomic mass is 16.2. The van der Waals surface area contributed by atoms with E-state index in [1.807, 2.05) is 17.0 Å². The van der Waals surface area contributed by atoms with Crippen LogP contribution in [0.4, 0.5) is 11.6 Å². The lowest BCUT2D eigenvalue weighted by molar-refractivity contribution is -0.117. The molecule has 2 heterocycles. The highest BCUT2D eigenvalue weighted by Crippen LogP contribution is 2.38. The Kier molecular flexibility index (Phi) is 4.75. The lowest BCUT2D eigenvalue weighted by Crippen LogP contribution is -2.49. The van der Waals surface area contributed by atoms with E-state index in [9.17, 15) is 9.59 Å². The maximum absolute atomic E-state index is 12.8. The molecule has 0 bridgehead atoms. The fourth-order valence-corrected chi connectivity index (χ4v) is 3.40. The molecule has 0 radical (unpaired) electrons. The molecule has 2 aliphatic rings. The Hall–Kier alpha value is -2.96. The van der Waals surface area contributed by atoms with Gasteiger partial charge in [0, 0.05) is 55.7 Å². The zero-order chi connectivity index (χ0) is 18.8. The van der Waals surface area contributed by atoms with Gasteiger partial charge in [0.25, 0.3) is 5.91 Å². The van der Waals surface area contributed by atoms with Crippen molar-refractivity contribution < 1.29 is 9.59 Å². The number of carbonyl (C=O) groups is 2.